The van der Waals surface area contributed by atoms with Crippen LogP contribution in [0.15, 0.2) is 47.4 Å². The maximum Gasteiger partial charge on any atom is 0.416 e. The lowest BCUT2D eigenvalue weighted by atomic mass is 10.0. The van der Waals surface area contributed by atoms with E-state index in [4.69, 9.17) is 0 Å². The molecule has 0 spiro atoms. The minimum atomic E-state index is -4.90. The van der Waals surface area contributed by atoms with E-state index in [9.17, 15) is 34.8 Å². The lowest BCUT2D eigenvalue weighted by Gasteiger charge is -2.18. The van der Waals surface area contributed by atoms with Gasteiger partial charge in [0.05, 0.1) is 16.0 Å². The highest BCUT2D eigenvalue weighted by Gasteiger charge is 2.36. The van der Waals surface area contributed by atoms with Crippen LogP contribution in [0.5, 0.6) is 0 Å². The Hall–Kier alpha value is -2.11. The number of nitrogens with zero attached hydrogens (tertiary/aromatic N) is 1. The molecule has 0 atom stereocenters. The van der Waals surface area contributed by atoms with E-state index >= 15 is 0 Å². The molecule has 0 aliphatic heterocycles. The van der Waals surface area contributed by atoms with Gasteiger partial charge in [0.15, 0.2) is 0 Å². The quantitative estimate of drug-likeness (QED) is 0.552. The molecule has 172 valence electrons. The maximum absolute atomic E-state index is 12.9. The van der Waals surface area contributed by atoms with E-state index in [-0.39, 0.29) is 29.6 Å². The van der Waals surface area contributed by atoms with Crippen LogP contribution < -0.4 is 5.32 Å². The Morgan fingerprint density at radius 3 is 1.65 bits per heavy atom. The van der Waals surface area contributed by atoms with E-state index in [0.717, 1.165) is 0 Å². The number of hydrogen-bond donors (Lipinski definition) is 1. The molecule has 1 N–H and O–H groups in total. The van der Waals surface area contributed by atoms with Gasteiger partial charge in [0.1, 0.15) is 0 Å². The summed E-state index contributed by atoms with van der Waals surface area (Å²) in [6.07, 6.45) is -9.80. The zero-order chi connectivity index (χ0) is 23.4. The van der Waals surface area contributed by atoms with Crippen LogP contribution in [-0.4, -0.2) is 25.8 Å². The lowest BCUT2D eigenvalue weighted by Crippen LogP contribution is -2.30. The van der Waals surface area contributed by atoms with Gasteiger partial charge >= 0.3 is 12.4 Å². The fourth-order valence-electron chi connectivity index (χ4n) is 2.96. The highest BCUT2D eigenvalue weighted by molar-refractivity contribution is 7.89. The molecule has 2 rings (SSSR count). The predicted molar refractivity (Wildman–Crippen MR) is 104 cm³/mol. The van der Waals surface area contributed by atoms with Crippen LogP contribution in [0.3, 0.4) is 0 Å². The standard InChI is InChI=1S/C20H22F6N2O2S/c1-3-28(4-2)31(29,30)18-7-5-14(6-8-18)12-27-13-15-9-16(19(21,22)23)11-17(10-15)20(24,25)26/h5-11,27H,3-4,12-13H2,1-2H3. The van der Waals surface area contributed by atoms with Gasteiger partial charge in [-0.2, -0.15) is 30.6 Å². The topological polar surface area (TPSA) is 49.4 Å². The van der Waals surface area contributed by atoms with Crippen molar-refractivity contribution in [2.75, 3.05) is 13.1 Å². The van der Waals surface area contributed by atoms with Gasteiger partial charge in [-0.15, -0.1) is 0 Å². The van der Waals surface area contributed by atoms with E-state index in [1.807, 2.05) is 0 Å². The average Bonchev–Trinajstić information content (AvgIpc) is 2.67. The summed E-state index contributed by atoms with van der Waals surface area (Å²) in [5.74, 6) is 0. The molecule has 0 radical (unpaired) electrons. The lowest BCUT2D eigenvalue weighted by molar-refractivity contribution is -0.143. The first-order valence-corrected chi connectivity index (χ1v) is 10.8. The van der Waals surface area contributed by atoms with E-state index in [0.29, 0.717) is 30.8 Å². The Balaban J connectivity index is 2.12. The third-order valence-corrected chi connectivity index (χ3v) is 6.64. The molecular weight excluding hydrogens is 446 g/mol. The summed E-state index contributed by atoms with van der Waals surface area (Å²) in [5.41, 5.74) is -2.28. The first kappa shape index (κ1) is 25.2. The molecule has 31 heavy (non-hydrogen) atoms. The van der Waals surface area contributed by atoms with E-state index < -0.39 is 33.5 Å². The Morgan fingerprint density at radius 1 is 0.774 bits per heavy atom. The molecule has 11 heteroatoms. The minimum Gasteiger partial charge on any atom is -0.309 e. The molecule has 0 aliphatic rings. The van der Waals surface area contributed by atoms with Crippen molar-refractivity contribution in [3.63, 3.8) is 0 Å². The fraction of sp³-hybridized carbons (Fsp3) is 0.400. The summed E-state index contributed by atoms with van der Waals surface area (Å²) in [4.78, 5) is 0.104. The molecule has 4 nitrogen and oxygen atoms in total. The van der Waals surface area contributed by atoms with Gasteiger partial charge in [-0.25, -0.2) is 8.42 Å². The monoisotopic (exact) mass is 468 g/mol. The summed E-state index contributed by atoms with van der Waals surface area (Å²) in [5, 5.41) is 2.78. The third-order valence-electron chi connectivity index (χ3n) is 4.57. The number of nitrogens with one attached hydrogen (secondary N) is 1. The number of benzene rings is 2. The summed E-state index contributed by atoms with van der Waals surface area (Å²) >= 11 is 0. The molecule has 0 amide bonds. The van der Waals surface area contributed by atoms with Crippen molar-refractivity contribution in [1.29, 1.82) is 0 Å². The fourth-order valence-corrected chi connectivity index (χ4v) is 4.42. The molecule has 0 saturated carbocycles. The molecule has 0 heterocycles. The Kier molecular flexibility index (Phi) is 7.77. The van der Waals surface area contributed by atoms with Crippen molar-refractivity contribution >= 4 is 10.0 Å². The van der Waals surface area contributed by atoms with Gasteiger partial charge < -0.3 is 5.32 Å². The molecule has 0 unspecified atom stereocenters. The molecule has 0 saturated heterocycles. The zero-order valence-electron chi connectivity index (χ0n) is 16.8. The second-order valence-corrected chi connectivity index (χ2v) is 8.69. The molecule has 2 aromatic carbocycles. The number of rotatable bonds is 8. The van der Waals surface area contributed by atoms with Crippen molar-refractivity contribution in [1.82, 2.24) is 9.62 Å². The first-order chi connectivity index (χ1) is 14.3. The number of hydrogen-bond acceptors (Lipinski definition) is 3. The van der Waals surface area contributed by atoms with Gasteiger partial charge in [0.25, 0.3) is 0 Å². The van der Waals surface area contributed by atoms with Crippen LogP contribution in [-0.2, 0) is 35.5 Å². The molecule has 0 fully saturated rings. The zero-order valence-corrected chi connectivity index (χ0v) is 17.6. The van der Waals surface area contributed by atoms with Gasteiger partial charge in [-0.3, -0.25) is 0 Å². The van der Waals surface area contributed by atoms with E-state index in [2.05, 4.69) is 5.32 Å². The van der Waals surface area contributed by atoms with Gasteiger partial charge in [-0.1, -0.05) is 26.0 Å². The summed E-state index contributed by atoms with van der Waals surface area (Å²) in [6.45, 7) is 3.97. The average molecular weight is 468 g/mol. The Morgan fingerprint density at radius 2 is 1.23 bits per heavy atom. The summed E-state index contributed by atoms with van der Waals surface area (Å²) in [7, 11) is -3.62. The minimum absolute atomic E-state index is 0.0819. The van der Waals surface area contributed by atoms with Gasteiger partial charge in [0.2, 0.25) is 10.0 Å². The van der Waals surface area contributed by atoms with Gasteiger partial charge in [0, 0.05) is 26.2 Å². The normalized spacial score (nSPS) is 13.1. The van der Waals surface area contributed by atoms with E-state index in [1.54, 1.807) is 13.8 Å². The highest BCUT2D eigenvalue weighted by Crippen LogP contribution is 2.36. The van der Waals surface area contributed by atoms with Crippen LogP contribution in [0, 0.1) is 0 Å². The van der Waals surface area contributed by atoms with Crippen LogP contribution in [0.1, 0.15) is 36.1 Å². The van der Waals surface area contributed by atoms with Crippen molar-refractivity contribution in [3.05, 3.63) is 64.7 Å². The second-order valence-electron chi connectivity index (χ2n) is 6.75. The molecule has 0 bridgehead atoms. The third kappa shape index (κ3) is 6.44. The van der Waals surface area contributed by atoms with Gasteiger partial charge in [-0.05, 0) is 41.5 Å². The molecule has 0 aliphatic carbocycles. The van der Waals surface area contributed by atoms with Crippen LogP contribution >= 0.6 is 0 Å². The second kappa shape index (κ2) is 9.58. The van der Waals surface area contributed by atoms with Crippen LogP contribution in [0.2, 0.25) is 0 Å². The number of alkyl halides is 6. The SMILES string of the molecule is CCN(CC)S(=O)(=O)c1ccc(CNCc2cc(C(F)(F)F)cc(C(F)(F)F)c2)cc1. The maximum atomic E-state index is 12.9. The summed E-state index contributed by atoms with van der Waals surface area (Å²) in [6, 6.07) is 7.32. The van der Waals surface area contributed by atoms with Crippen LogP contribution in [0.25, 0.3) is 0 Å². The number of halogens is 6. The van der Waals surface area contributed by atoms with Crippen LogP contribution in [0.4, 0.5) is 26.3 Å². The van der Waals surface area contributed by atoms with Crippen molar-refractivity contribution in [3.8, 4) is 0 Å². The summed E-state index contributed by atoms with van der Waals surface area (Å²) < 4.78 is 104. The smallest absolute Gasteiger partial charge is 0.309 e. The van der Waals surface area contributed by atoms with Crippen molar-refractivity contribution < 1.29 is 34.8 Å². The van der Waals surface area contributed by atoms with Crippen molar-refractivity contribution in [2.24, 2.45) is 0 Å². The highest BCUT2D eigenvalue weighted by atomic mass is 32.2. The van der Waals surface area contributed by atoms with E-state index in [1.165, 1.54) is 28.6 Å². The Labute approximate surface area is 176 Å². The largest absolute Gasteiger partial charge is 0.416 e. The molecule has 2 aromatic rings. The molecule has 0 aromatic heterocycles. The number of sulfonamides is 1. The predicted octanol–water partition coefficient (Wildman–Crippen LogP) is 5.04. The first-order valence-electron chi connectivity index (χ1n) is 9.37. The Bertz CT molecular complexity index is 950. The molecular formula is C20H22F6N2O2S. The van der Waals surface area contributed by atoms with Crippen molar-refractivity contribution in [2.45, 2.75) is 44.2 Å².